The summed E-state index contributed by atoms with van der Waals surface area (Å²) in [6.07, 6.45) is -4.73. The Labute approximate surface area is 198 Å². The van der Waals surface area contributed by atoms with E-state index in [-0.39, 0.29) is 41.5 Å². The quantitative estimate of drug-likeness (QED) is 0.497. The molecule has 1 amide bonds. The Morgan fingerprint density at radius 1 is 1.20 bits per heavy atom. The average Bonchev–Trinajstić information content (AvgIpc) is 3.26. The predicted octanol–water partition coefficient (Wildman–Crippen LogP) is 4.42. The number of alkyl halides is 3. The van der Waals surface area contributed by atoms with Crippen molar-refractivity contribution in [1.29, 1.82) is 5.26 Å². The molecule has 2 heterocycles. The molecule has 0 aliphatic carbocycles. The number of carbonyl (C=O) groups is 1. The van der Waals surface area contributed by atoms with Gasteiger partial charge in [-0.15, -0.1) is 0 Å². The van der Waals surface area contributed by atoms with Crippen LogP contribution in [0, 0.1) is 17.1 Å². The Morgan fingerprint density at radius 3 is 2.54 bits per heavy atom. The van der Waals surface area contributed by atoms with Gasteiger partial charge in [-0.3, -0.25) is 4.79 Å². The maximum absolute atomic E-state index is 13.5. The molecule has 35 heavy (non-hydrogen) atoms. The molecular weight excluding hydrogens is 468 g/mol. The fourth-order valence-corrected chi connectivity index (χ4v) is 3.79. The summed E-state index contributed by atoms with van der Waals surface area (Å²) in [5.74, 6) is -1.50. The maximum Gasteiger partial charge on any atom is 0.425 e. The van der Waals surface area contributed by atoms with E-state index in [4.69, 9.17) is 9.47 Å². The first-order chi connectivity index (χ1) is 16.6. The molecule has 1 aromatic heterocycles. The Hall–Kier alpha value is -4.07. The third-order valence-corrected chi connectivity index (χ3v) is 5.66. The van der Waals surface area contributed by atoms with E-state index in [1.807, 2.05) is 6.07 Å². The van der Waals surface area contributed by atoms with Crippen molar-refractivity contribution >= 4 is 5.91 Å². The smallest absolute Gasteiger partial charge is 0.425 e. The zero-order valence-corrected chi connectivity index (χ0v) is 18.8. The van der Waals surface area contributed by atoms with Gasteiger partial charge in [-0.1, -0.05) is 0 Å². The second-order valence-electron chi connectivity index (χ2n) is 7.93. The minimum atomic E-state index is -4.66. The minimum absolute atomic E-state index is 0.00955. The summed E-state index contributed by atoms with van der Waals surface area (Å²) >= 11 is 0. The van der Waals surface area contributed by atoms with Gasteiger partial charge in [0.05, 0.1) is 24.1 Å². The SMILES string of the molecule is COc1c(C#N)ccc(OC(C)C(F)(F)F)c1C(=O)N1CCc2nn(-c3ccc(F)cc3)cc2C1. The molecule has 4 rings (SSSR count). The second-order valence-corrected chi connectivity index (χ2v) is 7.93. The Balaban J connectivity index is 1.67. The molecule has 0 saturated carbocycles. The molecule has 2 aromatic carbocycles. The maximum atomic E-state index is 13.5. The molecule has 1 atom stereocenters. The van der Waals surface area contributed by atoms with E-state index in [0.717, 1.165) is 18.2 Å². The molecule has 0 bridgehead atoms. The molecule has 0 radical (unpaired) electrons. The van der Waals surface area contributed by atoms with E-state index >= 15 is 0 Å². The van der Waals surface area contributed by atoms with Gasteiger partial charge in [-0.05, 0) is 43.3 Å². The molecule has 1 aliphatic heterocycles. The van der Waals surface area contributed by atoms with Crippen LogP contribution in [0.3, 0.4) is 0 Å². The number of benzene rings is 2. The van der Waals surface area contributed by atoms with Crippen LogP contribution in [0.4, 0.5) is 17.6 Å². The molecule has 3 aromatic rings. The molecule has 0 N–H and O–H groups in total. The number of carbonyl (C=O) groups excluding carboxylic acids is 1. The van der Waals surface area contributed by atoms with E-state index in [2.05, 4.69) is 5.10 Å². The van der Waals surface area contributed by atoms with E-state index in [0.29, 0.717) is 12.1 Å². The van der Waals surface area contributed by atoms with E-state index in [1.165, 1.54) is 36.3 Å². The van der Waals surface area contributed by atoms with Crippen molar-refractivity contribution in [3.8, 4) is 23.3 Å². The topological polar surface area (TPSA) is 80.4 Å². The van der Waals surface area contributed by atoms with Crippen molar-refractivity contribution in [2.24, 2.45) is 0 Å². The lowest BCUT2D eigenvalue weighted by Gasteiger charge is -2.28. The number of hydrogen-bond acceptors (Lipinski definition) is 5. The van der Waals surface area contributed by atoms with Crippen LogP contribution in [0.2, 0.25) is 0 Å². The van der Waals surface area contributed by atoms with E-state index in [9.17, 15) is 27.6 Å². The van der Waals surface area contributed by atoms with Crippen LogP contribution in [0.25, 0.3) is 5.69 Å². The standard InChI is InChI=1S/C24H20F4N4O3/c1-14(24(26,27)28)35-20-8-3-15(11-29)22(34-2)21(20)23(33)31-10-9-19-16(12-31)13-32(30-19)18-6-4-17(25)5-7-18/h3-8,13-14H,9-10,12H2,1-2H3. The van der Waals surface area contributed by atoms with Crippen LogP contribution in [0.1, 0.15) is 34.1 Å². The number of halogens is 4. The summed E-state index contributed by atoms with van der Waals surface area (Å²) in [5.41, 5.74) is 1.86. The number of aromatic nitrogens is 2. The summed E-state index contributed by atoms with van der Waals surface area (Å²) in [5, 5.41) is 13.9. The van der Waals surface area contributed by atoms with Gasteiger partial charge < -0.3 is 14.4 Å². The van der Waals surface area contributed by atoms with Crippen molar-refractivity contribution in [2.75, 3.05) is 13.7 Å². The van der Waals surface area contributed by atoms with Gasteiger partial charge in [0.25, 0.3) is 5.91 Å². The van der Waals surface area contributed by atoms with Crippen LogP contribution < -0.4 is 9.47 Å². The molecule has 7 nitrogen and oxygen atoms in total. The molecule has 0 fully saturated rings. The zero-order chi connectivity index (χ0) is 25.3. The summed E-state index contributed by atoms with van der Waals surface area (Å²) in [6, 6.07) is 10.1. The molecule has 0 spiro atoms. The number of amides is 1. The van der Waals surface area contributed by atoms with Gasteiger partial charge in [0.2, 0.25) is 0 Å². The average molecular weight is 488 g/mol. The van der Waals surface area contributed by atoms with Gasteiger partial charge in [-0.2, -0.15) is 23.5 Å². The normalized spacial score (nSPS) is 14.1. The van der Waals surface area contributed by atoms with Gasteiger partial charge in [0.15, 0.2) is 11.9 Å². The van der Waals surface area contributed by atoms with Gasteiger partial charge in [-0.25, -0.2) is 9.07 Å². The largest absolute Gasteiger partial charge is 0.494 e. The molecular formula is C24H20F4N4O3. The molecule has 1 unspecified atom stereocenters. The van der Waals surface area contributed by atoms with Gasteiger partial charge in [0.1, 0.15) is 23.2 Å². The van der Waals surface area contributed by atoms with Gasteiger partial charge >= 0.3 is 6.18 Å². The lowest BCUT2D eigenvalue weighted by molar-refractivity contribution is -0.189. The van der Waals surface area contributed by atoms with Crippen molar-refractivity contribution in [3.63, 3.8) is 0 Å². The molecule has 0 saturated heterocycles. The number of fused-ring (bicyclic) bond motifs is 1. The highest BCUT2D eigenvalue weighted by atomic mass is 19.4. The highest BCUT2D eigenvalue weighted by molar-refractivity contribution is 6.00. The zero-order valence-electron chi connectivity index (χ0n) is 18.8. The van der Waals surface area contributed by atoms with Crippen LogP contribution in [0.5, 0.6) is 11.5 Å². The number of hydrogen-bond donors (Lipinski definition) is 0. The second kappa shape index (κ2) is 9.29. The fraction of sp³-hybridized carbons (Fsp3) is 0.292. The first kappa shape index (κ1) is 24.1. The Morgan fingerprint density at radius 2 is 1.91 bits per heavy atom. The Kier molecular flexibility index (Phi) is 6.39. The fourth-order valence-electron chi connectivity index (χ4n) is 3.79. The summed E-state index contributed by atoms with van der Waals surface area (Å²) in [4.78, 5) is 15.0. The predicted molar refractivity (Wildman–Crippen MR) is 116 cm³/mol. The van der Waals surface area contributed by atoms with E-state index < -0.39 is 18.2 Å². The van der Waals surface area contributed by atoms with Gasteiger partial charge in [0, 0.05) is 31.3 Å². The molecule has 1 aliphatic rings. The van der Waals surface area contributed by atoms with Crippen molar-refractivity contribution in [3.05, 3.63) is 70.8 Å². The van der Waals surface area contributed by atoms with Crippen molar-refractivity contribution < 1.29 is 31.8 Å². The van der Waals surface area contributed by atoms with E-state index in [1.54, 1.807) is 23.0 Å². The number of ether oxygens (including phenoxy) is 2. The number of methoxy groups -OCH3 is 1. The lowest BCUT2D eigenvalue weighted by Crippen LogP contribution is -2.37. The van der Waals surface area contributed by atoms with Crippen LogP contribution >= 0.6 is 0 Å². The summed E-state index contributed by atoms with van der Waals surface area (Å²) in [7, 11) is 1.23. The molecule has 11 heteroatoms. The first-order valence-electron chi connectivity index (χ1n) is 10.6. The summed E-state index contributed by atoms with van der Waals surface area (Å²) < 4.78 is 64.6. The first-order valence-corrected chi connectivity index (χ1v) is 10.6. The highest BCUT2D eigenvalue weighted by Gasteiger charge is 2.39. The highest BCUT2D eigenvalue weighted by Crippen LogP contribution is 2.36. The monoisotopic (exact) mass is 488 g/mol. The Bertz CT molecular complexity index is 1300. The van der Waals surface area contributed by atoms with Crippen LogP contribution in [-0.4, -0.2) is 46.5 Å². The number of nitriles is 1. The van der Waals surface area contributed by atoms with Crippen LogP contribution in [0.15, 0.2) is 42.6 Å². The number of rotatable bonds is 5. The third kappa shape index (κ3) is 4.77. The number of nitrogens with zero attached hydrogens (tertiary/aromatic N) is 4. The minimum Gasteiger partial charge on any atom is -0.494 e. The lowest BCUT2D eigenvalue weighted by atomic mass is 10.0. The summed E-state index contributed by atoms with van der Waals surface area (Å²) in [6.45, 7) is 1.19. The third-order valence-electron chi connectivity index (χ3n) is 5.66. The van der Waals surface area contributed by atoms with Crippen molar-refractivity contribution in [2.45, 2.75) is 32.2 Å². The van der Waals surface area contributed by atoms with Crippen molar-refractivity contribution in [1.82, 2.24) is 14.7 Å². The molecule has 182 valence electrons. The van der Waals surface area contributed by atoms with Crippen LogP contribution in [-0.2, 0) is 13.0 Å².